The molecule has 1 N–H and O–H groups in total. The number of nitro groups is 1. The number of anilines is 1. The molecule has 1 aliphatic rings. The van der Waals surface area contributed by atoms with Crippen LogP contribution in [0.5, 0.6) is 11.5 Å². The molecule has 0 bridgehead atoms. The third kappa shape index (κ3) is 2.47. The normalized spacial score (nSPS) is 12.2. The third-order valence-corrected chi connectivity index (χ3v) is 3.37. The highest BCUT2D eigenvalue weighted by Crippen LogP contribution is 2.36. The van der Waals surface area contributed by atoms with E-state index in [-0.39, 0.29) is 17.4 Å². The van der Waals surface area contributed by atoms with Crippen molar-refractivity contribution in [2.75, 3.05) is 12.1 Å². The Morgan fingerprint density at radius 2 is 2.05 bits per heavy atom. The Morgan fingerprint density at radius 1 is 1.24 bits per heavy atom. The van der Waals surface area contributed by atoms with Crippen LogP contribution in [0.3, 0.4) is 0 Å². The molecule has 3 rings (SSSR count). The Kier molecular flexibility index (Phi) is 3.35. The SMILES string of the molecule is Cc1cccc(NCc2cccc3c2OCO3)c1[N+](=O)[O-]. The highest BCUT2D eigenvalue weighted by atomic mass is 16.7. The quantitative estimate of drug-likeness (QED) is 0.690. The van der Waals surface area contributed by atoms with Gasteiger partial charge < -0.3 is 14.8 Å². The van der Waals surface area contributed by atoms with Crippen LogP contribution >= 0.6 is 0 Å². The monoisotopic (exact) mass is 286 g/mol. The lowest BCUT2D eigenvalue weighted by Gasteiger charge is -2.10. The summed E-state index contributed by atoms with van der Waals surface area (Å²) >= 11 is 0. The molecule has 0 spiro atoms. The Bertz CT molecular complexity index is 700. The van der Waals surface area contributed by atoms with Gasteiger partial charge in [-0.05, 0) is 19.1 Å². The van der Waals surface area contributed by atoms with Gasteiger partial charge in [-0.3, -0.25) is 10.1 Å². The molecular formula is C15H14N2O4. The fraction of sp³-hybridized carbons (Fsp3) is 0.200. The number of nitrogens with zero attached hydrogens (tertiary/aromatic N) is 1. The van der Waals surface area contributed by atoms with Crippen molar-refractivity contribution >= 4 is 11.4 Å². The topological polar surface area (TPSA) is 73.6 Å². The second-order valence-electron chi connectivity index (χ2n) is 4.73. The van der Waals surface area contributed by atoms with E-state index in [9.17, 15) is 10.1 Å². The van der Waals surface area contributed by atoms with Gasteiger partial charge in [0, 0.05) is 17.7 Å². The predicted octanol–water partition coefficient (Wildman–Crippen LogP) is 3.24. The lowest BCUT2D eigenvalue weighted by molar-refractivity contribution is -0.384. The van der Waals surface area contributed by atoms with Crippen molar-refractivity contribution in [3.8, 4) is 11.5 Å². The number of benzene rings is 2. The van der Waals surface area contributed by atoms with Gasteiger partial charge in [-0.2, -0.15) is 0 Å². The van der Waals surface area contributed by atoms with Crippen molar-refractivity contribution < 1.29 is 14.4 Å². The maximum Gasteiger partial charge on any atom is 0.295 e. The molecule has 0 radical (unpaired) electrons. The highest BCUT2D eigenvalue weighted by molar-refractivity contribution is 5.65. The van der Waals surface area contributed by atoms with Gasteiger partial charge in [0.05, 0.1) is 4.92 Å². The minimum absolute atomic E-state index is 0.0993. The zero-order valence-electron chi connectivity index (χ0n) is 11.5. The minimum Gasteiger partial charge on any atom is -0.454 e. The van der Waals surface area contributed by atoms with Crippen molar-refractivity contribution in [3.63, 3.8) is 0 Å². The van der Waals surface area contributed by atoms with Crippen LogP contribution in [-0.2, 0) is 6.54 Å². The molecule has 0 aromatic heterocycles. The standard InChI is InChI=1S/C15H14N2O4/c1-10-4-2-6-12(14(10)17(18)19)16-8-11-5-3-7-13-15(11)21-9-20-13/h2-7,16H,8-9H2,1H3. The third-order valence-electron chi connectivity index (χ3n) is 3.37. The van der Waals surface area contributed by atoms with Gasteiger partial charge in [0.15, 0.2) is 11.5 Å². The van der Waals surface area contributed by atoms with E-state index in [2.05, 4.69) is 5.32 Å². The molecule has 0 aliphatic carbocycles. The second kappa shape index (κ2) is 5.32. The molecule has 0 atom stereocenters. The Balaban J connectivity index is 1.85. The molecule has 6 nitrogen and oxygen atoms in total. The lowest BCUT2D eigenvalue weighted by Crippen LogP contribution is -2.04. The van der Waals surface area contributed by atoms with Crippen LogP contribution in [-0.4, -0.2) is 11.7 Å². The predicted molar refractivity (Wildman–Crippen MR) is 77.7 cm³/mol. The number of hydrogen-bond acceptors (Lipinski definition) is 5. The van der Waals surface area contributed by atoms with Crippen molar-refractivity contribution in [1.29, 1.82) is 0 Å². The first-order chi connectivity index (χ1) is 10.2. The summed E-state index contributed by atoms with van der Waals surface area (Å²) in [5, 5.41) is 14.3. The fourth-order valence-corrected chi connectivity index (χ4v) is 2.36. The number of ether oxygens (including phenoxy) is 2. The Labute approximate surface area is 121 Å². The van der Waals surface area contributed by atoms with Crippen molar-refractivity contribution in [1.82, 2.24) is 0 Å². The van der Waals surface area contributed by atoms with Crippen LogP contribution in [0.4, 0.5) is 11.4 Å². The van der Waals surface area contributed by atoms with Gasteiger partial charge in [0.1, 0.15) is 5.69 Å². The van der Waals surface area contributed by atoms with Crippen LogP contribution in [0.1, 0.15) is 11.1 Å². The average molecular weight is 286 g/mol. The molecule has 2 aromatic carbocycles. The summed E-state index contributed by atoms with van der Waals surface area (Å²) in [6.45, 7) is 2.36. The molecule has 0 unspecified atom stereocenters. The maximum atomic E-state index is 11.2. The molecule has 0 fully saturated rings. The maximum absolute atomic E-state index is 11.2. The first-order valence-electron chi connectivity index (χ1n) is 6.52. The van der Waals surface area contributed by atoms with E-state index in [1.165, 1.54) is 0 Å². The van der Waals surface area contributed by atoms with E-state index in [1.807, 2.05) is 18.2 Å². The number of nitro benzene ring substituents is 1. The molecule has 6 heteroatoms. The first kappa shape index (κ1) is 13.2. The number of rotatable bonds is 4. The average Bonchev–Trinajstić information content (AvgIpc) is 2.93. The molecular weight excluding hydrogens is 272 g/mol. The van der Waals surface area contributed by atoms with Crippen LogP contribution in [0.25, 0.3) is 0 Å². The summed E-state index contributed by atoms with van der Waals surface area (Å²) in [6, 6.07) is 10.8. The van der Waals surface area contributed by atoms with Crippen LogP contribution < -0.4 is 14.8 Å². The van der Waals surface area contributed by atoms with E-state index in [0.29, 0.717) is 29.3 Å². The Hall–Kier alpha value is -2.76. The molecule has 21 heavy (non-hydrogen) atoms. The number of para-hydroxylation sites is 2. The molecule has 1 heterocycles. The van der Waals surface area contributed by atoms with Crippen LogP contribution in [0.15, 0.2) is 36.4 Å². The number of nitrogens with one attached hydrogen (secondary N) is 1. The number of fused-ring (bicyclic) bond motifs is 1. The van der Waals surface area contributed by atoms with Gasteiger partial charge in [-0.15, -0.1) is 0 Å². The molecule has 2 aromatic rings. The van der Waals surface area contributed by atoms with Gasteiger partial charge in [0.25, 0.3) is 5.69 Å². The van der Waals surface area contributed by atoms with Gasteiger partial charge >= 0.3 is 0 Å². The number of aryl methyl sites for hydroxylation is 1. The molecule has 108 valence electrons. The van der Waals surface area contributed by atoms with E-state index < -0.39 is 0 Å². The lowest BCUT2D eigenvalue weighted by atomic mass is 10.1. The molecule has 0 amide bonds. The van der Waals surface area contributed by atoms with Crippen molar-refractivity contribution in [3.05, 3.63) is 57.6 Å². The summed E-state index contributed by atoms with van der Waals surface area (Å²) in [6.07, 6.45) is 0. The zero-order chi connectivity index (χ0) is 14.8. The van der Waals surface area contributed by atoms with E-state index in [0.717, 1.165) is 5.56 Å². The van der Waals surface area contributed by atoms with E-state index in [4.69, 9.17) is 9.47 Å². The van der Waals surface area contributed by atoms with Gasteiger partial charge in [-0.1, -0.05) is 24.3 Å². The summed E-state index contributed by atoms with van der Waals surface area (Å²) < 4.78 is 10.7. The second-order valence-corrected chi connectivity index (χ2v) is 4.73. The summed E-state index contributed by atoms with van der Waals surface area (Å²) in [7, 11) is 0. The highest BCUT2D eigenvalue weighted by Gasteiger charge is 2.19. The summed E-state index contributed by atoms with van der Waals surface area (Å²) in [5.41, 5.74) is 2.13. The van der Waals surface area contributed by atoms with Crippen LogP contribution in [0.2, 0.25) is 0 Å². The fourth-order valence-electron chi connectivity index (χ4n) is 2.36. The molecule has 1 aliphatic heterocycles. The van der Waals surface area contributed by atoms with Crippen molar-refractivity contribution in [2.45, 2.75) is 13.5 Å². The van der Waals surface area contributed by atoms with Gasteiger partial charge in [0.2, 0.25) is 6.79 Å². The van der Waals surface area contributed by atoms with E-state index >= 15 is 0 Å². The first-order valence-corrected chi connectivity index (χ1v) is 6.52. The molecule has 0 saturated carbocycles. The summed E-state index contributed by atoms with van der Waals surface area (Å²) in [4.78, 5) is 10.8. The van der Waals surface area contributed by atoms with Crippen molar-refractivity contribution in [2.24, 2.45) is 0 Å². The zero-order valence-corrected chi connectivity index (χ0v) is 11.5. The smallest absolute Gasteiger partial charge is 0.295 e. The molecule has 0 saturated heterocycles. The van der Waals surface area contributed by atoms with E-state index in [1.54, 1.807) is 25.1 Å². The number of hydrogen-bond donors (Lipinski definition) is 1. The van der Waals surface area contributed by atoms with Crippen LogP contribution in [0, 0.1) is 17.0 Å². The van der Waals surface area contributed by atoms with Gasteiger partial charge in [-0.25, -0.2) is 0 Å². The summed E-state index contributed by atoms with van der Waals surface area (Å²) in [5.74, 6) is 1.40. The largest absolute Gasteiger partial charge is 0.454 e. The Morgan fingerprint density at radius 3 is 2.86 bits per heavy atom. The minimum atomic E-state index is -0.368.